The van der Waals surface area contributed by atoms with Crippen molar-refractivity contribution in [1.29, 1.82) is 0 Å². The van der Waals surface area contributed by atoms with Crippen LogP contribution in [0.5, 0.6) is 0 Å². The van der Waals surface area contributed by atoms with Crippen molar-refractivity contribution < 1.29 is 14.7 Å². The van der Waals surface area contributed by atoms with Crippen molar-refractivity contribution in [3.8, 4) is 0 Å². The van der Waals surface area contributed by atoms with E-state index < -0.39 is 5.97 Å². The Morgan fingerprint density at radius 1 is 1.46 bits per heavy atom. The molecular formula is C9H13NO3. The molecule has 1 spiro atoms. The van der Waals surface area contributed by atoms with Crippen LogP contribution >= 0.6 is 0 Å². The monoisotopic (exact) mass is 183 g/mol. The van der Waals surface area contributed by atoms with E-state index in [2.05, 4.69) is 0 Å². The largest absolute Gasteiger partial charge is 0.481 e. The van der Waals surface area contributed by atoms with Crippen molar-refractivity contribution >= 4 is 11.9 Å². The first-order chi connectivity index (χ1) is 6.05. The number of rotatable bonds is 1. The van der Waals surface area contributed by atoms with Gasteiger partial charge in [0, 0.05) is 25.4 Å². The van der Waals surface area contributed by atoms with Gasteiger partial charge >= 0.3 is 5.97 Å². The molecule has 2 rings (SSSR count). The van der Waals surface area contributed by atoms with Crippen LogP contribution < -0.4 is 0 Å². The van der Waals surface area contributed by atoms with Crippen molar-refractivity contribution in [3.63, 3.8) is 0 Å². The van der Waals surface area contributed by atoms with Crippen LogP contribution in [0.3, 0.4) is 0 Å². The Morgan fingerprint density at radius 2 is 2.08 bits per heavy atom. The van der Waals surface area contributed by atoms with Crippen LogP contribution in [0, 0.1) is 11.3 Å². The van der Waals surface area contributed by atoms with E-state index in [4.69, 9.17) is 5.11 Å². The van der Waals surface area contributed by atoms with Gasteiger partial charge in [-0.05, 0) is 12.8 Å². The number of nitrogens with zero attached hydrogens (tertiary/aromatic N) is 1. The molecule has 1 N–H and O–H groups in total. The molecule has 1 saturated carbocycles. The van der Waals surface area contributed by atoms with Crippen LogP contribution in [0.1, 0.15) is 19.8 Å². The number of carboxylic acids is 1. The molecule has 1 atom stereocenters. The van der Waals surface area contributed by atoms with Gasteiger partial charge in [-0.2, -0.15) is 0 Å². The van der Waals surface area contributed by atoms with Gasteiger partial charge in [0.25, 0.3) is 0 Å². The summed E-state index contributed by atoms with van der Waals surface area (Å²) in [5.41, 5.74) is -0.0580. The molecule has 0 aromatic heterocycles. The van der Waals surface area contributed by atoms with E-state index in [-0.39, 0.29) is 17.2 Å². The summed E-state index contributed by atoms with van der Waals surface area (Å²) < 4.78 is 0. The van der Waals surface area contributed by atoms with Gasteiger partial charge in [-0.1, -0.05) is 0 Å². The number of hydrogen-bond donors (Lipinski definition) is 1. The maximum absolute atomic E-state index is 11.1. The normalized spacial score (nSPS) is 29.3. The molecule has 1 saturated heterocycles. The summed E-state index contributed by atoms with van der Waals surface area (Å²) in [7, 11) is 0. The lowest BCUT2D eigenvalue weighted by atomic mass is 9.93. The molecule has 0 aromatic carbocycles. The Bertz CT molecular complexity index is 270. The Morgan fingerprint density at radius 3 is 2.38 bits per heavy atom. The zero-order chi connectivity index (χ0) is 9.64. The predicted molar refractivity (Wildman–Crippen MR) is 45.0 cm³/mol. The van der Waals surface area contributed by atoms with Crippen LogP contribution in [-0.4, -0.2) is 35.0 Å². The summed E-state index contributed by atoms with van der Waals surface area (Å²) in [4.78, 5) is 23.6. The fourth-order valence-corrected chi connectivity index (χ4v) is 2.22. The lowest BCUT2D eigenvalue weighted by Crippen LogP contribution is -2.27. The van der Waals surface area contributed by atoms with E-state index in [0.717, 1.165) is 12.8 Å². The highest BCUT2D eigenvalue weighted by atomic mass is 16.4. The number of aliphatic carboxylic acids is 1. The Balaban J connectivity index is 2.14. The number of hydrogen-bond acceptors (Lipinski definition) is 2. The van der Waals surface area contributed by atoms with Crippen LogP contribution in [-0.2, 0) is 9.59 Å². The number of carbonyl (C=O) groups is 2. The van der Waals surface area contributed by atoms with E-state index in [0.29, 0.717) is 13.1 Å². The molecule has 2 aliphatic rings. The zero-order valence-corrected chi connectivity index (χ0v) is 7.62. The number of amides is 1. The lowest BCUT2D eigenvalue weighted by Gasteiger charge is -2.12. The molecule has 1 aliphatic heterocycles. The molecule has 1 unspecified atom stereocenters. The van der Waals surface area contributed by atoms with E-state index in [1.54, 1.807) is 4.90 Å². The molecule has 1 heterocycles. The van der Waals surface area contributed by atoms with Gasteiger partial charge in [-0.25, -0.2) is 0 Å². The number of carbonyl (C=O) groups excluding carboxylic acids is 1. The van der Waals surface area contributed by atoms with Gasteiger partial charge in [-0.15, -0.1) is 0 Å². The van der Waals surface area contributed by atoms with Crippen molar-refractivity contribution in [1.82, 2.24) is 4.90 Å². The predicted octanol–water partition coefficient (Wildman–Crippen LogP) is 0.329. The maximum atomic E-state index is 11.1. The van der Waals surface area contributed by atoms with E-state index in [1.807, 2.05) is 0 Å². The molecule has 13 heavy (non-hydrogen) atoms. The molecule has 72 valence electrons. The van der Waals surface area contributed by atoms with Gasteiger partial charge in [0.15, 0.2) is 0 Å². The van der Waals surface area contributed by atoms with Crippen molar-refractivity contribution in [3.05, 3.63) is 0 Å². The summed E-state index contributed by atoms with van der Waals surface area (Å²) in [6, 6.07) is 0. The van der Waals surface area contributed by atoms with E-state index in [9.17, 15) is 9.59 Å². The Hall–Kier alpha value is -1.06. The van der Waals surface area contributed by atoms with Crippen molar-refractivity contribution in [2.24, 2.45) is 11.3 Å². The van der Waals surface area contributed by atoms with Gasteiger partial charge in [-0.3, -0.25) is 9.59 Å². The molecule has 0 bridgehead atoms. The second kappa shape index (κ2) is 2.47. The number of carboxylic acid groups (broad SMARTS) is 1. The molecule has 0 aromatic rings. The molecule has 4 heteroatoms. The molecule has 2 fully saturated rings. The van der Waals surface area contributed by atoms with E-state index >= 15 is 0 Å². The maximum Gasteiger partial charge on any atom is 0.308 e. The van der Waals surface area contributed by atoms with Crippen LogP contribution in [0.25, 0.3) is 0 Å². The topological polar surface area (TPSA) is 57.6 Å². The summed E-state index contributed by atoms with van der Waals surface area (Å²) in [6.07, 6.45) is 1.93. The molecular weight excluding hydrogens is 170 g/mol. The average molecular weight is 183 g/mol. The molecule has 1 amide bonds. The summed E-state index contributed by atoms with van der Waals surface area (Å²) >= 11 is 0. The average Bonchev–Trinajstić information content (AvgIpc) is 2.61. The molecule has 1 aliphatic carbocycles. The SMILES string of the molecule is CC(=O)N1CC(C(=O)O)C2(CC2)C1. The fraction of sp³-hybridized carbons (Fsp3) is 0.778. The van der Waals surface area contributed by atoms with Crippen molar-refractivity contribution in [2.45, 2.75) is 19.8 Å². The second-order valence-electron chi connectivity index (χ2n) is 4.15. The highest BCUT2D eigenvalue weighted by molar-refractivity contribution is 5.78. The minimum absolute atomic E-state index is 0.00461. The quantitative estimate of drug-likeness (QED) is 0.637. The van der Waals surface area contributed by atoms with Crippen LogP contribution in [0.2, 0.25) is 0 Å². The third-order valence-electron chi connectivity index (χ3n) is 3.28. The minimum atomic E-state index is -0.749. The van der Waals surface area contributed by atoms with E-state index in [1.165, 1.54) is 6.92 Å². The molecule has 0 radical (unpaired) electrons. The van der Waals surface area contributed by atoms with Crippen molar-refractivity contribution in [2.75, 3.05) is 13.1 Å². The summed E-state index contributed by atoms with van der Waals surface area (Å²) in [5.74, 6) is -1.08. The Kier molecular flexibility index (Phi) is 1.62. The summed E-state index contributed by atoms with van der Waals surface area (Å²) in [6.45, 7) is 2.56. The van der Waals surface area contributed by atoms with Crippen LogP contribution in [0.4, 0.5) is 0 Å². The van der Waals surface area contributed by atoms with Gasteiger partial charge in [0.05, 0.1) is 5.92 Å². The third-order valence-corrected chi connectivity index (χ3v) is 3.28. The first-order valence-electron chi connectivity index (χ1n) is 4.53. The second-order valence-corrected chi connectivity index (χ2v) is 4.15. The van der Waals surface area contributed by atoms with Crippen LogP contribution in [0.15, 0.2) is 0 Å². The minimum Gasteiger partial charge on any atom is -0.481 e. The summed E-state index contributed by atoms with van der Waals surface area (Å²) in [5, 5.41) is 8.95. The first-order valence-corrected chi connectivity index (χ1v) is 4.53. The standard InChI is InChI=1S/C9H13NO3/c1-6(11)10-4-7(8(12)13)9(5-10)2-3-9/h7H,2-5H2,1H3,(H,12,13). The smallest absolute Gasteiger partial charge is 0.308 e. The first kappa shape index (κ1) is 8.53. The lowest BCUT2D eigenvalue weighted by molar-refractivity contribution is -0.143. The highest BCUT2D eigenvalue weighted by Crippen LogP contribution is 2.56. The third kappa shape index (κ3) is 1.20. The zero-order valence-electron chi connectivity index (χ0n) is 7.62. The fourth-order valence-electron chi connectivity index (χ4n) is 2.22. The van der Waals surface area contributed by atoms with Gasteiger partial charge in [0.1, 0.15) is 0 Å². The molecule has 4 nitrogen and oxygen atoms in total. The highest BCUT2D eigenvalue weighted by Gasteiger charge is 2.58. The van der Waals surface area contributed by atoms with Gasteiger partial charge in [0.2, 0.25) is 5.91 Å². The Labute approximate surface area is 76.5 Å². The van der Waals surface area contributed by atoms with Gasteiger partial charge < -0.3 is 10.0 Å². The number of likely N-dealkylation sites (tertiary alicyclic amines) is 1.